The molecule has 0 aliphatic heterocycles. The van der Waals surface area contributed by atoms with Crippen LogP contribution >= 0.6 is 0 Å². The van der Waals surface area contributed by atoms with Crippen LogP contribution in [0.3, 0.4) is 0 Å². The number of hydrogen-bond donors (Lipinski definition) is 2. The van der Waals surface area contributed by atoms with E-state index in [0.717, 1.165) is 11.1 Å². The van der Waals surface area contributed by atoms with Gasteiger partial charge in [-0.05, 0) is 19.9 Å². The van der Waals surface area contributed by atoms with Gasteiger partial charge in [0, 0.05) is 25.7 Å². The van der Waals surface area contributed by atoms with Crippen molar-refractivity contribution in [3.05, 3.63) is 29.3 Å². The molecule has 0 aliphatic rings. The number of amides is 1. The van der Waals surface area contributed by atoms with E-state index in [1.807, 2.05) is 26.0 Å². The molecular formula is C13H20N2O2. The molecule has 1 atom stereocenters. The molecule has 1 aromatic carbocycles. The fraction of sp³-hybridized carbons (Fsp3) is 0.462. The quantitative estimate of drug-likeness (QED) is 0.831. The molecule has 0 heterocycles. The van der Waals surface area contributed by atoms with E-state index in [1.54, 1.807) is 20.2 Å². The Kier molecular flexibility index (Phi) is 4.52. The van der Waals surface area contributed by atoms with Gasteiger partial charge in [0.25, 0.3) is 0 Å². The van der Waals surface area contributed by atoms with Crippen LogP contribution in [0.1, 0.15) is 24.1 Å². The maximum absolute atomic E-state index is 11.4. The summed E-state index contributed by atoms with van der Waals surface area (Å²) in [5, 5.41) is 12.8. The normalized spacial score (nSPS) is 12.2. The van der Waals surface area contributed by atoms with Crippen molar-refractivity contribution in [2.24, 2.45) is 0 Å². The molecule has 94 valence electrons. The van der Waals surface area contributed by atoms with Crippen LogP contribution in [-0.2, 0) is 4.79 Å². The van der Waals surface area contributed by atoms with Crippen molar-refractivity contribution in [3.8, 4) is 5.75 Å². The summed E-state index contributed by atoms with van der Waals surface area (Å²) in [5.74, 6) is 0.275. The third-order valence-electron chi connectivity index (χ3n) is 2.71. The first-order chi connectivity index (χ1) is 7.91. The van der Waals surface area contributed by atoms with E-state index in [2.05, 4.69) is 5.32 Å². The summed E-state index contributed by atoms with van der Waals surface area (Å²) in [5.41, 5.74) is 1.90. The number of aryl methyl sites for hydroxylation is 1. The Morgan fingerprint density at radius 3 is 2.71 bits per heavy atom. The van der Waals surface area contributed by atoms with Gasteiger partial charge in [0.1, 0.15) is 5.75 Å². The second-order valence-electron chi connectivity index (χ2n) is 4.45. The van der Waals surface area contributed by atoms with Gasteiger partial charge in [-0.25, -0.2) is 0 Å². The van der Waals surface area contributed by atoms with E-state index in [1.165, 1.54) is 4.90 Å². The average molecular weight is 236 g/mol. The molecule has 2 N–H and O–H groups in total. The SMILES string of the molecule is Cc1ccc(O)c(C(C)NCC(=O)N(C)C)c1. The smallest absolute Gasteiger partial charge is 0.236 e. The molecule has 0 spiro atoms. The number of nitrogens with one attached hydrogen (secondary N) is 1. The predicted octanol–water partition coefficient (Wildman–Crippen LogP) is 1.44. The largest absolute Gasteiger partial charge is 0.508 e. The number of likely N-dealkylation sites (N-methyl/N-ethyl adjacent to an activating group) is 1. The van der Waals surface area contributed by atoms with Gasteiger partial charge in [-0.15, -0.1) is 0 Å². The van der Waals surface area contributed by atoms with Gasteiger partial charge in [-0.1, -0.05) is 17.7 Å². The van der Waals surface area contributed by atoms with Crippen LogP contribution in [0.15, 0.2) is 18.2 Å². The van der Waals surface area contributed by atoms with Crippen molar-refractivity contribution in [1.29, 1.82) is 0 Å². The van der Waals surface area contributed by atoms with Crippen molar-refractivity contribution in [1.82, 2.24) is 10.2 Å². The lowest BCUT2D eigenvalue weighted by molar-refractivity contribution is -0.127. The van der Waals surface area contributed by atoms with Gasteiger partial charge >= 0.3 is 0 Å². The minimum absolute atomic E-state index is 0.0176. The number of carbonyl (C=O) groups is 1. The van der Waals surface area contributed by atoms with Gasteiger partial charge in [0.05, 0.1) is 6.54 Å². The van der Waals surface area contributed by atoms with Crippen molar-refractivity contribution < 1.29 is 9.90 Å². The Morgan fingerprint density at radius 1 is 1.47 bits per heavy atom. The molecule has 1 aromatic rings. The number of benzene rings is 1. The number of phenols is 1. The third-order valence-corrected chi connectivity index (χ3v) is 2.71. The van der Waals surface area contributed by atoms with Gasteiger partial charge in [0.2, 0.25) is 5.91 Å². The molecule has 1 unspecified atom stereocenters. The summed E-state index contributed by atoms with van der Waals surface area (Å²) in [6.07, 6.45) is 0. The molecule has 0 radical (unpaired) electrons. The number of aromatic hydroxyl groups is 1. The van der Waals surface area contributed by atoms with Crippen LogP contribution in [-0.4, -0.2) is 36.6 Å². The molecule has 0 aliphatic carbocycles. The fourth-order valence-electron chi connectivity index (χ4n) is 1.53. The van der Waals surface area contributed by atoms with E-state index in [9.17, 15) is 9.90 Å². The first-order valence-corrected chi connectivity index (χ1v) is 5.65. The van der Waals surface area contributed by atoms with Crippen molar-refractivity contribution in [2.45, 2.75) is 19.9 Å². The van der Waals surface area contributed by atoms with Gasteiger partial charge in [-0.2, -0.15) is 0 Å². The highest BCUT2D eigenvalue weighted by molar-refractivity contribution is 5.77. The summed E-state index contributed by atoms with van der Waals surface area (Å²) in [6.45, 7) is 4.17. The van der Waals surface area contributed by atoms with Crippen LogP contribution in [0.5, 0.6) is 5.75 Å². The lowest BCUT2D eigenvalue weighted by atomic mass is 10.0. The molecule has 0 bridgehead atoms. The van der Waals surface area contributed by atoms with E-state index < -0.39 is 0 Å². The van der Waals surface area contributed by atoms with Gasteiger partial charge < -0.3 is 15.3 Å². The lowest BCUT2D eigenvalue weighted by Gasteiger charge is -2.17. The number of nitrogens with zero attached hydrogens (tertiary/aromatic N) is 1. The van der Waals surface area contributed by atoms with Crippen molar-refractivity contribution in [2.75, 3.05) is 20.6 Å². The molecule has 0 fully saturated rings. The summed E-state index contributed by atoms with van der Waals surface area (Å²) >= 11 is 0. The second-order valence-corrected chi connectivity index (χ2v) is 4.45. The monoisotopic (exact) mass is 236 g/mol. The van der Waals surface area contributed by atoms with Crippen LogP contribution < -0.4 is 5.32 Å². The van der Waals surface area contributed by atoms with E-state index in [-0.39, 0.29) is 24.2 Å². The summed E-state index contributed by atoms with van der Waals surface area (Å²) in [6, 6.07) is 5.40. The second kappa shape index (κ2) is 5.68. The molecule has 1 rings (SSSR count). The van der Waals surface area contributed by atoms with Crippen molar-refractivity contribution in [3.63, 3.8) is 0 Å². The summed E-state index contributed by atoms with van der Waals surface area (Å²) in [7, 11) is 3.44. The van der Waals surface area contributed by atoms with Crippen LogP contribution in [0.25, 0.3) is 0 Å². The Morgan fingerprint density at radius 2 is 2.12 bits per heavy atom. The lowest BCUT2D eigenvalue weighted by Crippen LogP contribution is -2.34. The molecule has 1 amide bonds. The number of hydrogen-bond acceptors (Lipinski definition) is 3. The predicted molar refractivity (Wildman–Crippen MR) is 68.0 cm³/mol. The Balaban J connectivity index is 2.67. The van der Waals surface area contributed by atoms with E-state index in [4.69, 9.17) is 0 Å². The topological polar surface area (TPSA) is 52.6 Å². The molecule has 0 saturated carbocycles. The van der Waals surface area contributed by atoms with E-state index in [0.29, 0.717) is 0 Å². The minimum Gasteiger partial charge on any atom is -0.508 e. The molecule has 4 heteroatoms. The Bertz CT molecular complexity index is 402. The Labute approximate surface area is 102 Å². The molecule has 4 nitrogen and oxygen atoms in total. The zero-order chi connectivity index (χ0) is 13.0. The Hall–Kier alpha value is -1.55. The maximum atomic E-state index is 11.4. The zero-order valence-electron chi connectivity index (χ0n) is 10.8. The fourth-order valence-corrected chi connectivity index (χ4v) is 1.53. The number of phenolic OH excluding ortho intramolecular Hbond substituents is 1. The molecular weight excluding hydrogens is 216 g/mol. The molecule has 0 aromatic heterocycles. The minimum atomic E-state index is -0.0567. The highest BCUT2D eigenvalue weighted by Crippen LogP contribution is 2.24. The standard InChI is InChI=1S/C13H20N2O2/c1-9-5-6-12(16)11(7-9)10(2)14-8-13(17)15(3)4/h5-7,10,14,16H,8H2,1-4H3. The molecule has 17 heavy (non-hydrogen) atoms. The third kappa shape index (κ3) is 3.75. The van der Waals surface area contributed by atoms with E-state index >= 15 is 0 Å². The van der Waals surface area contributed by atoms with Gasteiger partial charge in [-0.3, -0.25) is 4.79 Å². The highest BCUT2D eigenvalue weighted by Gasteiger charge is 2.12. The zero-order valence-corrected chi connectivity index (χ0v) is 10.8. The highest BCUT2D eigenvalue weighted by atomic mass is 16.3. The van der Waals surface area contributed by atoms with Crippen molar-refractivity contribution >= 4 is 5.91 Å². The average Bonchev–Trinajstić information content (AvgIpc) is 2.28. The van der Waals surface area contributed by atoms with Crippen LogP contribution in [0.2, 0.25) is 0 Å². The first-order valence-electron chi connectivity index (χ1n) is 5.65. The summed E-state index contributed by atoms with van der Waals surface area (Å²) in [4.78, 5) is 13.0. The maximum Gasteiger partial charge on any atom is 0.236 e. The number of carbonyl (C=O) groups excluding carboxylic acids is 1. The van der Waals surface area contributed by atoms with Gasteiger partial charge in [0.15, 0.2) is 0 Å². The number of rotatable bonds is 4. The van der Waals surface area contributed by atoms with Crippen LogP contribution in [0, 0.1) is 6.92 Å². The van der Waals surface area contributed by atoms with Crippen LogP contribution in [0.4, 0.5) is 0 Å². The summed E-state index contributed by atoms with van der Waals surface area (Å²) < 4.78 is 0. The molecule has 0 saturated heterocycles. The first kappa shape index (κ1) is 13.5.